The Hall–Kier alpha value is -4.01. The molecule has 1 amide bonds. The first-order valence-electron chi connectivity index (χ1n) is 9.58. The third-order valence-corrected chi connectivity index (χ3v) is 5.09. The Kier molecular flexibility index (Phi) is 5.74. The van der Waals surface area contributed by atoms with E-state index in [0.717, 1.165) is 22.0 Å². The van der Waals surface area contributed by atoms with Crippen molar-refractivity contribution in [2.24, 2.45) is 0 Å². The zero-order valence-electron chi connectivity index (χ0n) is 16.4. The minimum Gasteiger partial charge on any atom is -0.508 e. The van der Waals surface area contributed by atoms with Crippen molar-refractivity contribution in [3.05, 3.63) is 101 Å². The quantitative estimate of drug-likeness (QED) is 0.247. The predicted octanol–water partition coefficient (Wildman–Crippen LogP) is 5.59. The lowest BCUT2D eigenvalue weighted by atomic mass is 10.1. The summed E-state index contributed by atoms with van der Waals surface area (Å²) in [6, 6.07) is 23.5. The molecule has 4 aromatic rings. The summed E-state index contributed by atoms with van der Waals surface area (Å²) in [5, 5.41) is 23.3. The minimum atomic E-state index is -0.514. The van der Waals surface area contributed by atoms with Crippen molar-refractivity contribution in [2.75, 3.05) is 5.32 Å². The van der Waals surface area contributed by atoms with Crippen LogP contribution in [-0.2, 0) is 11.3 Å². The fourth-order valence-corrected chi connectivity index (χ4v) is 3.61. The molecule has 0 unspecified atom stereocenters. The topological polar surface area (TPSA) is 78.0 Å². The van der Waals surface area contributed by atoms with E-state index in [4.69, 9.17) is 11.6 Å². The number of phenols is 1. The molecule has 6 heteroatoms. The largest absolute Gasteiger partial charge is 0.508 e. The second-order valence-corrected chi connectivity index (χ2v) is 7.47. The molecular formula is C25H18ClN3O2. The average molecular weight is 428 g/mol. The number of aromatic nitrogens is 1. The summed E-state index contributed by atoms with van der Waals surface area (Å²) in [7, 11) is 0. The Bertz CT molecular complexity index is 1330. The molecule has 0 aliphatic rings. The highest BCUT2D eigenvalue weighted by molar-refractivity contribution is 6.30. The van der Waals surface area contributed by atoms with Crippen LogP contribution in [0.4, 0.5) is 5.69 Å². The Labute approximate surface area is 184 Å². The molecule has 0 bridgehead atoms. The molecule has 5 nitrogen and oxygen atoms in total. The van der Waals surface area contributed by atoms with E-state index < -0.39 is 5.91 Å². The number of rotatable bonds is 5. The number of amides is 1. The lowest BCUT2D eigenvalue weighted by molar-refractivity contribution is -0.112. The van der Waals surface area contributed by atoms with Gasteiger partial charge in [-0.3, -0.25) is 4.79 Å². The van der Waals surface area contributed by atoms with Crippen LogP contribution >= 0.6 is 11.6 Å². The van der Waals surface area contributed by atoms with Crippen LogP contribution in [0.1, 0.15) is 11.1 Å². The number of carbonyl (C=O) groups excluding carboxylic acids is 1. The number of nitrogens with one attached hydrogen (secondary N) is 1. The minimum absolute atomic E-state index is 0.0151. The fraction of sp³-hybridized carbons (Fsp3) is 0.0400. The number of halogens is 1. The van der Waals surface area contributed by atoms with Gasteiger partial charge in [-0.2, -0.15) is 5.26 Å². The summed E-state index contributed by atoms with van der Waals surface area (Å²) in [4.78, 5) is 12.6. The molecule has 3 aromatic carbocycles. The smallest absolute Gasteiger partial charge is 0.266 e. The van der Waals surface area contributed by atoms with E-state index in [2.05, 4.69) is 9.88 Å². The van der Waals surface area contributed by atoms with Gasteiger partial charge in [-0.25, -0.2) is 0 Å². The zero-order valence-corrected chi connectivity index (χ0v) is 17.2. The molecule has 0 aliphatic carbocycles. The summed E-state index contributed by atoms with van der Waals surface area (Å²) >= 11 is 6.12. The number of fused-ring (bicyclic) bond motifs is 1. The zero-order chi connectivity index (χ0) is 21.8. The third kappa shape index (κ3) is 4.61. The first-order chi connectivity index (χ1) is 15.0. The molecule has 152 valence electrons. The number of phenolic OH excluding ortho intramolecular Hbond substituents is 1. The normalized spacial score (nSPS) is 11.3. The van der Waals surface area contributed by atoms with Gasteiger partial charge >= 0.3 is 0 Å². The molecule has 1 aromatic heterocycles. The number of hydrogen-bond donors (Lipinski definition) is 2. The van der Waals surface area contributed by atoms with Crippen molar-refractivity contribution in [1.29, 1.82) is 5.26 Å². The Morgan fingerprint density at radius 1 is 1.10 bits per heavy atom. The summed E-state index contributed by atoms with van der Waals surface area (Å²) < 4.78 is 2.07. The van der Waals surface area contributed by atoms with Crippen molar-refractivity contribution in [3.8, 4) is 11.8 Å². The van der Waals surface area contributed by atoms with Gasteiger partial charge in [-0.15, -0.1) is 0 Å². The Balaban J connectivity index is 1.67. The predicted molar refractivity (Wildman–Crippen MR) is 123 cm³/mol. The summed E-state index contributed by atoms with van der Waals surface area (Å²) in [5.41, 5.74) is 3.29. The number of nitrogens with zero attached hydrogens (tertiary/aromatic N) is 2. The van der Waals surface area contributed by atoms with Gasteiger partial charge in [0.25, 0.3) is 5.91 Å². The molecule has 0 aliphatic heterocycles. The van der Waals surface area contributed by atoms with Gasteiger partial charge in [0.05, 0.1) is 0 Å². The number of anilines is 1. The first-order valence-corrected chi connectivity index (χ1v) is 9.96. The molecule has 31 heavy (non-hydrogen) atoms. The summed E-state index contributed by atoms with van der Waals surface area (Å²) in [6.07, 6.45) is 3.52. The van der Waals surface area contributed by atoms with Crippen molar-refractivity contribution in [2.45, 2.75) is 6.54 Å². The van der Waals surface area contributed by atoms with Gasteiger partial charge in [-0.05, 0) is 54.1 Å². The fourth-order valence-electron chi connectivity index (χ4n) is 3.40. The van der Waals surface area contributed by atoms with Crippen LogP contribution in [0.2, 0.25) is 5.02 Å². The van der Waals surface area contributed by atoms with Crippen LogP contribution in [-0.4, -0.2) is 15.6 Å². The summed E-state index contributed by atoms with van der Waals surface area (Å²) in [5.74, 6) is -0.415. The van der Waals surface area contributed by atoms with E-state index in [9.17, 15) is 15.2 Å². The molecule has 4 rings (SSSR count). The van der Waals surface area contributed by atoms with Crippen LogP contribution in [0.3, 0.4) is 0 Å². The molecular weight excluding hydrogens is 410 g/mol. The van der Waals surface area contributed by atoms with E-state index >= 15 is 0 Å². The van der Waals surface area contributed by atoms with Gasteiger partial charge in [0.15, 0.2) is 0 Å². The molecule has 0 saturated heterocycles. The van der Waals surface area contributed by atoms with Crippen LogP contribution in [0.25, 0.3) is 17.0 Å². The summed E-state index contributed by atoms with van der Waals surface area (Å²) in [6.45, 7) is 0.608. The highest BCUT2D eigenvalue weighted by atomic mass is 35.5. The monoisotopic (exact) mass is 427 g/mol. The van der Waals surface area contributed by atoms with Gasteiger partial charge in [-0.1, -0.05) is 41.9 Å². The number of para-hydroxylation sites is 1. The molecule has 0 spiro atoms. The number of hydrogen-bond acceptors (Lipinski definition) is 3. The van der Waals surface area contributed by atoms with Crippen molar-refractivity contribution < 1.29 is 9.90 Å². The van der Waals surface area contributed by atoms with Crippen LogP contribution in [0.15, 0.2) is 84.6 Å². The molecule has 0 saturated carbocycles. The standard InChI is InChI=1S/C25H18ClN3O2/c26-20-5-3-4-17(12-20)15-29-16-19(23-6-1-2-7-24(23)29)13-18(14-27)25(31)28-21-8-10-22(30)11-9-21/h1-13,16,30H,15H2,(H,28,31)/b18-13+. The second kappa shape index (κ2) is 8.78. The van der Waals surface area contributed by atoms with Crippen LogP contribution < -0.4 is 5.32 Å². The van der Waals surface area contributed by atoms with E-state index in [1.54, 1.807) is 18.2 Å². The maximum Gasteiger partial charge on any atom is 0.266 e. The highest BCUT2D eigenvalue weighted by Crippen LogP contribution is 2.25. The lowest BCUT2D eigenvalue weighted by Gasteiger charge is -2.06. The van der Waals surface area contributed by atoms with E-state index in [1.165, 1.54) is 12.1 Å². The van der Waals surface area contributed by atoms with Gasteiger partial charge in [0.2, 0.25) is 0 Å². The molecule has 0 fully saturated rings. The van der Waals surface area contributed by atoms with Crippen molar-refractivity contribution in [1.82, 2.24) is 4.57 Å². The molecule has 0 radical (unpaired) electrons. The molecule has 1 heterocycles. The van der Waals surface area contributed by atoms with Crippen molar-refractivity contribution in [3.63, 3.8) is 0 Å². The first kappa shape index (κ1) is 20.3. The second-order valence-electron chi connectivity index (χ2n) is 7.03. The van der Waals surface area contributed by atoms with E-state index in [1.807, 2.05) is 60.8 Å². The highest BCUT2D eigenvalue weighted by Gasteiger charge is 2.13. The van der Waals surface area contributed by atoms with Gasteiger partial charge in [0.1, 0.15) is 17.4 Å². The SMILES string of the molecule is N#C/C(=C\c1cn(Cc2cccc(Cl)c2)c2ccccc12)C(=O)Nc1ccc(O)cc1. The molecule has 2 N–H and O–H groups in total. The van der Waals surface area contributed by atoms with Gasteiger partial charge in [0, 0.05) is 39.9 Å². The Morgan fingerprint density at radius 3 is 2.61 bits per heavy atom. The number of carbonyl (C=O) groups is 1. The third-order valence-electron chi connectivity index (χ3n) is 4.85. The average Bonchev–Trinajstić information content (AvgIpc) is 3.11. The number of nitriles is 1. The van der Waals surface area contributed by atoms with Crippen LogP contribution in [0.5, 0.6) is 5.75 Å². The number of aromatic hydroxyl groups is 1. The molecule has 0 atom stereocenters. The van der Waals surface area contributed by atoms with E-state index in [-0.39, 0.29) is 11.3 Å². The maximum absolute atomic E-state index is 12.6. The van der Waals surface area contributed by atoms with E-state index in [0.29, 0.717) is 17.3 Å². The lowest BCUT2D eigenvalue weighted by Crippen LogP contribution is -2.13. The maximum atomic E-state index is 12.6. The Morgan fingerprint density at radius 2 is 1.87 bits per heavy atom. The van der Waals surface area contributed by atoms with Crippen LogP contribution in [0, 0.1) is 11.3 Å². The van der Waals surface area contributed by atoms with Gasteiger partial charge < -0.3 is 15.0 Å². The number of benzene rings is 3. The van der Waals surface area contributed by atoms with Crippen molar-refractivity contribution >= 4 is 40.2 Å².